The van der Waals surface area contributed by atoms with Crippen LogP contribution in [0.3, 0.4) is 0 Å². The molecule has 0 bridgehead atoms. The molecule has 1 saturated heterocycles. The highest BCUT2D eigenvalue weighted by molar-refractivity contribution is 9.10. The molecule has 1 aliphatic carbocycles. The average Bonchev–Trinajstić information content (AvgIpc) is 2.50. The number of nitrogens with one attached hydrogen (secondary N) is 1. The molecule has 1 spiro atoms. The molecule has 2 heterocycles. The van der Waals surface area contributed by atoms with Crippen molar-refractivity contribution in [3.63, 3.8) is 0 Å². The van der Waals surface area contributed by atoms with Crippen LogP contribution >= 0.6 is 15.9 Å². The van der Waals surface area contributed by atoms with Crippen molar-refractivity contribution in [1.29, 1.82) is 0 Å². The molecule has 5 nitrogen and oxygen atoms in total. The van der Waals surface area contributed by atoms with Crippen LogP contribution in [-0.4, -0.2) is 23.1 Å². The number of rotatable bonds is 2. The Kier molecular flexibility index (Phi) is 4.12. The van der Waals surface area contributed by atoms with E-state index < -0.39 is 0 Å². The minimum absolute atomic E-state index is 0.614. The van der Waals surface area contributed by atoms with E-state index >= 15 is 0 Å². The summed E-state index contributed by atoms with van der Waals surface area (Å²) in [6.07, 6.45) is 11.2. The second-order valence-electron chi connectivity index (χ2n) is 6.05. The summed E-state index contributed by atoms with van der Waals surface area (Å²) in [6.45, 7) is 2.17. The van der Waals surface area contributed by atoms with Crippen LogP contribution in [0.5, 0.6) is 0 Å². The van der Waals surface area contributed by atoms with Crippen LogP contribution in [0.1, 0.15) is 44.9 Å². The molecule has 1 saturated carbocycles. The highest BCUT2D eigenvalue weighted by Crippen LogP contribution is 2.45. The van der Waals surface area contributed by atoms with Crippen LogP contribution in [0.2, 0.25) is 0 Å². The lowest BCUT2D eigenvalue weighted by Crippen LogP contribution is -2.41. The fraction of sp³-hybridized carbons (Fsp3) is 0.714. The number of piperidine rings is 1. The third-order valence-corrected chi connectivity index (χ3v) is 5.68. The van der Waals surface area contributed by atoms with Gasteiger partial charge in [-0.25, -0.2) is 15.8 Å². The number of hydrogen-bond donors (Lipinski definition) is 2. The molecule has 3 rings (SSSR count). The van der Waals surface area contributed by atoms with Gasteiger partial charge >= 0.3 is 0 Å². The summed E-state index contributed by atoms with van der Waals surface area (Å²) in [6, 6.07) is 0. The first kappa shape index (κ1) is 14.1. The second kappa shape index (κ2) is 5.85. The number of nitrogens with two attached hydrogens (primary N) is 1. The lowest BCUT2D eigenvalue weighted by Gasteiger charge is -2.44. The van der Waals surface area contributed by atoms with E-state index in [0.29, 0.717) is 11.2 Å². The van der Waals surface area contributed by atoms with E-state index in [0.717, 1.165) is 23.4 Å². The lowest BCUT2D eigenvalue weighted by atomic mass is 9.68. The molecule has 1 aromatic heterocycles. The number of hydrazine groups is 1. The number of nitrogen functional groups attached to an aromatic ring is 1. The maximum absolute atomic E-state index is 5.47. The summed E-state index contributed by atoms with van der Waals surface area (Å²) in [5.74, 6) is 7.08. The SMILES string of the molecule is NNc1ncnc(N2CCC3(CCCCC3)CC2)c1Br. The molecule has 0 atom stereocenters. The molecule has 2 aliphatic rings. The summed E-state index contributed by atoms with van der Waals surface area (Å²) in [4.78, 5) is 10.9. The van der Waals surface area contributed by atoms with Crippen molar-refractivity contribution < 1.29 is 0 Å². The Morgan fingerprint density at radius 1 is 1.10 bits per heavy atom. The molecule has 1 aliphatic heterocycles. The van der Waals surface area contributed by atoms with Crippen molar-refractivity contribution in [3.8, 4) is 0 Å². The van der Waals surface area contributed by atoms with Gasteiger partial charge in [-0.2, -0.15) is 0 Å². The van der Waals surface area contributed by atoms with Gasteiger partial charge < -0.3 is 10.3 Å². The summed E-state index contributed by atoms with van der Waals surface area (Å²) in [7, 11) is 0. The zero-order valence-corrected chi connectivity index (χ0v) is 13.3. The molecule has 3 N–H and O–H groups in total. The first-order valence-corrected chi connectivity index (χ1v) is 8.25. The van der Waals surface area contributed by atoms with Gasteiger partial charge in [0.15, 0.2) is 5.82 Å². The van der Waals surface area contributed by atoms with Crippen LogP contribution < -0.4 is 16.2 Å². The topological polar surface area (TPSA) is 67.1 Å². The summed E-state index contributed by atoms with van der Waals surface area (Å²) < 4.78 is 0.863. The smallest absolute Gasteiger partial charge is 0.159 e. The number of anilines is 2. The number of nitrogens with zero attached hydrogens (tertiary/aromatic N) is 3. The van der Waals surface area contributed by atoms with Crippen LogP contribution in [0.15, 0.2) is 10.8 Å². The third-order valence-electron chi connectivity index (χ3n) is 4.95. The van der Waals surface area contributed by atoms with Crippen LogP contribution in [0.4, 0.5) is 11.6 Å². The minimum atomic E-state index is 0.614. The molecule has 0 radical (unpaired) electrons. The van der Waals surface area contributed by atoms with Gasteiger partial charge in [-0.15, -0.1) is 0 Å². The predicted molar refractivity (Wildman–Crippen MR) is 84.5 cm³/mol. The minimum Gasteiger partial charge on any atom is -0.355 e. The largest absolute Gasteiger partial charge is 0.355 e. The van der Waals surface area contributed by atoms with E-state index in [1.165, 1.54) is 44.9 Å². The van der Waals surface area contributed by atoms with Gasteiger partial charge in [0.2, 0.25) is 0 Å². The zero-order chi connectivity index (χ0) is 14.0. The Bertz CT molecular complexity index is 463. The fourth-order valence-electron chi connectivity index (χ4n) is 3.68. The first-order valence-electron chi connectivity index (χ1n) is 7.46. The Balaban J connectivity index is 1.72. The Morgan fingerprint density at radius 3 is 2.45 bits per heavy atom. The van der Waals surface area contributed by atoms with Gasteiger partial charge in [0.1, 0.15) is 16.6 Å². The fourth-order valence-corrected chi connectivity index (χ4v) is 4.25. The monoisotopic (exact) mass is 339 g/mol. The zero-order valence-electron chi connectivity index (χ0n) is 11.7. The lowest BCUT2D eigenvalue weighted by molar-refractivity contribution is 0.144. The second-order valence-corrected chi connectivity index (χ2v) is 6.84. The predicted octanol–water partition coefficient (Wildman–Crippen LogP) is 3.08. The van der Waals surface area contributed by atoms with Gasteiger partial charge in [0.25, 0.3) is 0 Å². The Hall–Kier alpha value is -0.880. The number of halogens is 1. The van der Waals surface area contributed by atoms with E-state index in [1.807, 2.05) is 0 Å². The van der Waals surface area contributed by atoms with Crippen molar-refractivity contribution in [2.45, 2.75) is 44.9 Å². The normalized spacial score (nSPS) is 22.0. The number of hydrogen-bond acceptors (Lipinski definition) is 5. The quantitative estimate of drug-likeness (QED) is 0.640. The molecule has 6 heteroatoms. The van der Waals surface area contributed by atoms with E-state index in [1.54, 1.807) is 6.33 Å². The molecule has 0 amide bonds. The van der Waals surface area contributed by atoms with Gasteiger partial charge in [0, 0.05) is 13.1 Å². The summed E-state index contributed by atoms with van der Waals surface area (Å²) in [5.41, 5.74) is 3.22. The molecule has 0 aromatic carbocycles. The highest BCUT2D eigenvalue weighted by Gasteiger charge is 2.36. The Labute approximate surface area is 128 Å². The maximum atomic E-state index is 5.47. The molecule has 1 aromatic rings. The molecular weight excluding hydrogens is 318 g/mol. The van der Waals surface area contributed by atoms with E-state index in [9.17, 15) is 0 Å². The van der Waals surface area contributed by atoms with E-state index in [-0.39, 0.29) is 0 Å². The summed E-state index contributed by atoms with van der Waals surface area (Å²) in [5, 5.41) is 0. The molecule has 20 heavy (non-hydrogen) atoms. The number of aromatic nitrogens is 2. The molecular formula is C14H22BrN5. The van der Waals surface area contributed by atoms with Crippen LogP contribution in [-0.2, 0) is 0 Å². The Morgan fingerprint density at radius 2 is 1.80 bits per heavy atom. The maximum Gasteiger partial charge on any atom is 0.159 e. The highest BCUT2D eigenvalue weighted by atomic mass is 79.9. The van der Waals surface area contributed by atoms with Crippen molar-refractivity contribution in [2.75, 3.05) is 23.4 Å². The van der Waals surface area contributed by atoms with Crippen molar-refractivity contribution >= 4 is 27.6 Å². The van der Waals surface area contributed by atoms with Crippen molar-refractivity contribution in [2.24, 2.45) is 11.3 Å². The standard InChI is InChI=1S/C14H22BrN5/c15-11-12(19-16)17-10-18-13(11)20-8-6-14(7-9-20)4-2-1-3-5-14/h10H,1-9,16H2,(H,17,18,19). The van der Waals surface area contributed by atoms with Crippen LogP contribution in [0, 0.1) is 5.41 Å². The molecule has 110 valence electrons. The molecule has 0 unspecified atom stereocenters. The third kappa shape index (κ3) is 2.63. The summed E-state index contributed by atoms with van der Waals surface area (Å²) >= 11 is 3.56. The van der Waals surface area contributed by atoms with Gasteiger partial charge in [-0.3, -0.25) is 0 Å². The van der Waals surface area contributed by atoms with Crippen molar-refractivity contribution in [1.82, 2.24) is 9.97 Å². The average molecular weight is 340 g/mol. The van der Waals surface area contributed by atoms with Gasteiger partial charge in [-0.05, 0) is 47.0 Å². The van der Waals surface area contributed by atoms with E-state index in [4.69, 9.17) is 5.84 Å². The van der Waals surface area contributed by atoms with Gasteiger partial charge in [0.05, 0.1) is 0 Å². The van der Waals surface area contributed by atoms with E-state index in [2.05, 4.69) is 36.2 Å². The van der Waals surface area contributed by atoms with Gasteiger partial charge in [-0.1, -0.05) is 19.3 Å². The molecule has 2 fully saturated rings. The first-order chi connectivity index (χ1) is 9.74. The van der Waals surface area contributed by atoms with Crippen molar-refractivity contribution in [3.05, 3.63) is 10.8 Å². The van der Waals surface area contributed by atoms with Crippen LogP contribution in [0.25, 0.3) is 0 Å².